The van der Waals surface area contributed by atoms with E-state index in [-0.39, 0.29) is 23.4 Å². The minimum atomic E-state index is -0.234. The Hall–Kier alpha value is -1.79. The highest BCUT2D eigenvalue weighted by Gasteiger charge is 2.41. The number of benzene rings is 1. The minimum Gasteiger partial charge on any atom is -0.469 e. The Morgan fingerprint density at radius 1 is 1.41 bits per heavy atom. The van der Waals surface area contributed by atoms with E-state index in [1.807, 2.05) is 18.2 Å². The smallest absolute Gasteiger partial charge is 0.308 e. The minimum absolute atomic E-state index is 0.102. The van der Waals surface area contributed by atoms with Crippen LogP contribution in [0.25, 0.3) is 0 Å². The maximum atomic E-state index is 11.9. The van der Waals surface area contributed by atoms with E-state index < -0.39 is 0 Å². The summed E-state index contributed by atoms with van der Waals surface area (Å²) in [5.74, 6) is 2.58. The molecule has 0 heterocycles. The molecule has 0 aromatic heterocycles. The van der Waals surface area contributed by atoms with Crippen molar-refractivity contribution in [1.29, 1.82) is 0 Å². The fraction of sp³-hybridized carbons (Fsp3) is 0.526. The molecule has 0 aliphatic heterocycles. The zero-order valence-corrected chi connectivity index (χ0v) is 13.4. The van der Waals surface area contributed by atoms with E-state index >= 15 is 0 Å². The molecule has 1 saturated carbocycles. The molecule has 1 aliphatic rings. The summed E-state index contributed by atoms with van der Waals surface area (Å²) in [5.41, 5.74) is 0.925. The summed E-state index contributed by atoms with van der Waals surface area (Å²) in [5, 5.41) is 0. The quantitative estimate of drug-likeness (QED) is 0.616. The van der Waals surface area contributed by atoms with Gasteiger partial charge in [0.2, 0.25) is 0 Å². The van der Waals surface area contributed by atoms with E-state index in [1.165, 1.54) is 7.11 Å². The number of rotatable bonds is 5. The van der Waals surface area contributed by atoms with Crippen LogP contribution in [0.4, 0.5) is 0 Å². The van der Waals surface area contributed by atoms with Crippen molar-refractivity contribution in [3.63, 3.8) is 0 Å². The molecule has 0 radical (unpaired) electrons. The van der Waals surface area contributed by atoms with Crippen LogP contribution in [0.3, 0.4) is 0 Å². The van der Waals surface area contributed by atoms with Gasteiger partial charge in [-0.25, -0.2) is 0 Å². The number of carbonyl (C=O) groups is 1. The number of carbonyl (C=O) groups excluding carboxylic acids is 1. The van der Waals surface area contributed by atoms with Crippen molar-refractivity contribution in [3.05, 3.63) is 35.9 Å². The van der Waals surface area contributed by atoms with Gasteiger partial charge >= 0.3 is 5.97 Å². The molecule has 1 aliphatic carbocycles. The van der Waals surface area contributed by atoms with Crippen molar-refractivity contribution >= 4 is 5.97 Å². The molecule has 3 heteroatoms. The lowest BCUT2D eigenvalue weighted by molar-refractivity contribution is -0.154. The summed E-state index contributed by atoms with van der Waals surface area (Å²) >= 11 is 0. The first-order chi connectivity index (χ1) is 10.6. The summed E-state index contributed by atoms with van der Waals surface area (Å²) in [4.78, 5) is 11.9. The van der Waals surface area contributed by atoms with Crippen LogP contribution in [0.15, 0.2) is 30.3 Å². The number of esters is 1. The number of ether oxygens (including phenoxy) is 2. The van der Waals surface area contributed by atoms with Gasteiger partial charge in [0.15, 0.2) is 0 Å². The molecule has 3 atom stereocenters. The van der Waals surface area contributed by atoms with Gasteiger partial charge < -0.3 is 9.47 Å². The molecular formula is C19H24O3. The Balaban J connectivity index is 2.00. The van der Waals surface area contributed by atoms with E-state index in [0.717, 1.165) is 24.8 Å². The van der Waals surface area contributed by atoms with Gasteiger partial charge in [-0.2, -0.15) is 0 Å². The standard InChI is InChI=1S/C19H24O3/c1-4-8-16-13-19(2,12-11-17(16)18(20)21-3)22-14-15-9-6-5-7-10-15/h1,5-7,9-10,16-17H,8,11-14H2,2-3H3/t16-,17-,19+/m1/s1. The molecular weight excluding hydrogens is 276 g/mol. The molecule has 0 unspecified atom stereocenters. The maximum Gasteiger partial charge on any atom is 0.308 e. The van der Waals surface area contributed by atoms with E-state index in [1.54, 1.807) is 0 Å². The number of hydrogen-bond donors (Lipinski definition) is 0. The molecule has 118 valence electrons. The highest BCUT2D eigenvalue weighted by molar-refractivity contribution is 5.72. The van der Waals surface area contributed by atoms with Crippen LogP contribution in [-0.4, -0.2) is 18.7 Å². The fourth-order valence-electron chi connectivity index (χ4n) is 3.29. The normalized spacial score (nSPS) is 27.9. The van der Waals surface area contributed by atoms with Crippen LogP contribution in [0, 0.1) is 24.2 Å². The lowest BCUT2D eigenvalue weighted by Crippen LogP contribution is -2.41. The monoisotopic (exact) mass is 300 g/mol. The first-order valence-corrected chi connectivity index (χ1v) is 7.77. The largest absolute Gasteiger partial charge is 0.469 e. The lowest BCUT2D eigenvalue weighted by Gasteiger charge is -2.41. The van der Waals surface area contributed by atoms with E-state index in [9.17, 15) is 4.79 Å². The number of hydrogen-bond acceptors (Lipinski definition) is 3. The molecule has 0 amide bonds. The molecule has 0 N–H and O–H groups in total. The molecule has 22 heavy (non-hydrogen) atoms. The second-order valence-electron chi connectivity index (χ2n) is 6.26. The Morgan fingerprint density at radius 2 is 2.14 bits per heavy atom. The lowest BCUT2D eigenvalue weighted by atomic mass is 9.71. The van der Waals surface area contributed by atoms with Gasteiger partial charge in [0.05, 0.1) is 25.2 Å². The van der Waals surface area contributed by atoms with Crippen molar-refractivity contribution in [2.75, 3.05) is 7.11 Å². The van der Waals surface area contributed by atoms with E-state index in [2.05, 4.69) is 25.0 Å². The first kappa shape index (κ1) is 16.6. The Kier molecular flexibility index (Phi) is 5.63. The van der Waals surface area contributed by atoms with Crippen LogP contribution >= 0.6 is 0 Å². The zero-order valence-electron chi connectivity index (χ0n) is 13.4. The van der Waals surface area contributed by atoms with Gasteiger partial charge in [-0.15, -0.1) is 12.3 Å². The third-order valence-corrected chi connectivity index (χ3v) is 4.56. The van der Waals surface area contributed by atoms with Crippen molar-refractivity contribution < 1.29 is 14.3 Å². The molecule has 2 rings (SSSR count). The van der Waals surface area contributed by atoms with Gasteiger partial charge in [-0.3, -0.25) is 4.79 Å². The van der Waals surface area contributed by atoms with Gasteiger partial charge in [0.25, 0.3) is 0 Å². The zero-order chi connectivity index (χ0) is 16.0. The van der Waals surface area contributed by atoms with Crippen LogP contribution in [0.2, 0.25) is 0 Å². The van der Waals surface area contributed by atoms with Crippen LogP contribution in [-0.2, 0) is 20.9 Å². The predicted octanol–water partition coefficient (Wildman–Crippen LogP) is 3.57. The maximum absolute atomic E-state index is 11.9. The van der Waals surface area contributed by atoms with Crippen LogP contribution < -0.4 is 0 Å². The SMILES string of the molecule is C#CC[C@@H]1C[C@@](C)(OCc2ccccc2)CC[C@H]1C(=O)OC. The average molecular weight is 300 g/mol. The predicted molar refractivity (Wildman–Crippen MR) is 85.9 cm³/mol. The molecule has 0 bridgehead atoms. The highest BCUT2D eigenvalue weighted by atomic mass is 16.5. The Morgan fingerprint density at radius 3 is 2.77 bits per heavy atom. The second-order valence-corrected chi connectivity index (χ2v) is 6.26. The third-order valence-electron chi connectivity index (χ3n) is 4.56. The summed E-state index contributed by atoms with van der Waals surface area (Å²) in [7, 11) is 1.44. The summed E-state index contributed by atoms with van der Waals surface area (Å²) in [6.07, 6.45) is 8.47. The van der Waals surface area contributed by atoms with Crippen molar-refractivity contribution in [2.45, 2.75) is 44.8 Å². The number of terminal acetylenes is 1. The summed E-state index contributed by atoms with van der Waals surface area (Å²) in [6.45, 7) is 2.70. The van der Waals surface area contributed by atoms with Gasteiger partial charge in [0, 0.05) is 6.42 Å². The molecule has 1 aromatic rings. The van der Waals surface area contributed by atoms with Crippen molar-refractivity contribution in [2.24, 2.45) is 11.8 Å². The second kappa shape index (κ2) is 7.47. The Bertz CT molecular complexity index is 531. The highest BCUT2D eigenvalue weighted by Crippen LogP contribution is 2.41. The van der Waals surface area contributed by atoms with Gasteiger partial charge in [-0.1, -0.05) is 30.3 Å². The van der Waals surface area contributed by atoms with Crippen LogP contribution in [0.5, 0.6) is 0 Å². The third kappa shape index (κ3) is 4.11. The van der Waals surface area contributed by atoms with Gasteiger partial charge in [-0.05, 0) is 37.7 Å². The topological polar surface area (TPSA) is 35.5 Å². The fourth-order valence-corrected chi connectivity index (χ4v) is 3.29. The van der Waals surface area contributed by atoms with Crippen molar-refractivity contribution in [3.8, 4) is 12.3 Å². The molecule has 0 spiro atoms. The van der Waals surface area contributed by atoms with E-state index in [0.29, 0.717) is 13.0 Å². The van der Waals surface area contributed by atoms with Crippen LogP contribution in [0.1, 0.15) is 38.2 Å². The molecule has 3 nitrogen and oxygen atoms in total. The van der Waals surface area contributed by atoms with Gasteiger partial charge in [0.1, 0.15) is 0 Å². The van der Waals surface area contributed by atoms with Crippen molar-refractivity contribution in [1.82, 2.24) is 0 Å². The summed E-state index contributed by atoms with van der Waals surface area (Å²) < 4.78 is 11.1. The van der Waals surface area contributed by atoms with E-state index in [4.69, 9.17) is 15.9 Å². The average Bonchev–Trinajstić information content (AvgIpc) is 2.54. The number of methoxy groups -OCH3 is 1. The molecule has 1 fully saturated rings. The first-order valence-electron chi connectivity index (χ1n) is 7.77. The molecule has 1 aromatic carbocycles. The summed E-state index contributed by atoms with van der Waals surface area (Å²) in [6, 6.07) is 10.1. The Labute approximate surface area is 133 Å². The molecule has 0 saturated heterocycles.